The molecule has 0 aliphatic heterocycles. The van der Waals surface area contributed by atoms with Gasteiger partial charge in [0.1, 0.15) is 23.6 Å². The Hall–Kier alpha value is -4.32. The smallest absolute Gasteiger partial charge is 0.315 e. The molecule has 0 radical (unpaired) electrons. The molecular formula is C21H18ClFN10O. The van der Waals surface area contributed by atoms with Crippen molar-refractivity contribution < 1.29 is 9.18 Å². The summed E-state index contributed by atoms with van der Waals surface area (Å²) in [6, 6.07) is 7.62. The largest absolute Gasteiger partial charge is 0.331 e. The third kappa shape index (κ3) is 4.30. The first-order valence-corrected chi connectivity index (χ1v) is 10.6. The SMILES string of the molecule is Cc1nc(CNC(=O)NCc2ncnn2-c2ccn3ccnc3c2)n(-c2ccc(Cl)c(F)c2)n1. The van der Waals surface area contributed by atoms with Gasteiger partial charge in [-0.25, -0.2) is 33.5 Å². The summed E-state index contributed by atoms with van der Waals surface area (Å²) in [6.45, 7) is 1.92. The van der Waals surface area contributed by atoms with Crippen LogP contribution in [0.1, 0.15) is 17.5 Å². The summed E-state index contributed by atoms with van der Waals surface area (Å²) in [5.74, 6) is 0.891. The van der Waals surface area contributed by atoms with Crippen LogP contribution in [0.3, 0.4) is 0 Å². The highest BCUT2D eigenvalue weighted by molar-refractivity contribution is 6.30. The molecule has 5 aromatic rings. The fourth-order valence-electron chi connectivity index (χ4n) is 3.41. The summed E-state index contributed by atoms with van der Waals surface area (Å²) < 4.78 is 18.8. The second kappa shape index (κ2) is 8.90. The summed E-state index contributed by atoms with van der Waals surface area (Å²) in [7, 11) is 0. The Morgan fingerprint density at radius 1 is 1.03 bits per heavy atom. The Labute approximate surface area is 197 Å². The van der Waals surface area contributed by atoms with Crippen LogP contribution < -0.4 is 10.6 Å². The van der Waals surface area contributed by atoms with E-state index in [0.717, 1.165) is 11.3 Å². The number of amides is 2. The number of fused-ring (bicyclic) bond motifs is 1. The van der Waals surface area contributed by atoms with E-state index in [9.17, 15) is 9.18 Å². The zero-order chi connectivity index (χ0) is 23.7. The van der Waals surface area contributed by atoms with Gasteiger partial charge in [0.25, 0.3) is 0 Å². The number of aromatic nitrogens is 8. The van der Waals surface area contributed by atoms with E-state index in [1.165, 1.54) is 23.1 Å². The van der Waals surface area contributed by atoms with Crippen LogP contribution in [-0.2, 0) is 13.1 Å². The monoisotopic (exact) mass is 480 g/mol. The highest BCUT2D eigenvalue weighted by Gasteiger charge is 2.14. The van der Waals surface area contributed by atoms with Gasteiger partial charge >= 0.3 is 6.03 Å². The molecule has 13 heteroatoms. The number of urea groups is 1. The minimum Gasteiger partial charge on any atom is -0.331 e. The number of carbonyl (C=O) groups excluding carboxylic acids is 1. The highest BCUT2D eigenvalue weighted by atomic mass is 35.5. The van der Waals surface area contributed by atoms with Gasteiger partial charge in [-0.15, -0.1) is 0 Å². The van der Waals surface area contributed by atoms with Gasteiger partial charge in [0, 0.05) is 30.7 Å². The quantitative estimate of drug-likeness (QED) is 0.385. The molecule has 0 fully saturated rings. The topological polar surface area (TPSA) is 120 Å². The third-order valence-electron chi connectivity index (χ3n) is 4.99. The molecule has 1 aromatic carbocycles. The third-order valence-corrected chi connectivity index (χ3v) is 5.29. The molecule has 0 aliphatic rings. The second-order valence-corrected chi connectivity index (χ2v) is 7.69. The average Bonchev–Trinajstić information content (AvgIpc) is 3.57. The summed E-state index contributed by atoms with van der Waals surface area (Å²) in [5, 5.41) is 14.0. The first-order valence-electron chi connectivity index (χ1n) is 10.2. The molecule has 2 N–H and O–H groups in total. The Kier molecular flexibility index (Phi) is 5.64. The lowest BCUT2D eigenvalue weighted by Crippen LogP contribution is -2.36. The average molecular weight is 481 g/mol. The number of nitrogens with zero attached hydrogens (tertiary/aromatic N) is 8. The van der Waals surface area contributed by atoms with Crippen molar-refractivity contribution in [3.05, 3.63) is 83.6 Å². The number of hydrogen-bond acceptors (Lipinski definition) is 6. The lowest BCUT2D eigenvalue weighted by molar-refractivity contribution is 0.239. The van der Waals surface area contributed by atoms with Gasteiger partial charge in [0.05, 0.1) is 29.5 Å². The van der Waals surface area contributed by atoms with Crippen LogP contribution in [-0.4, -0.2) is 44.9 Å². The molecule has 4 aromatic heterocycles. The summed E-state index contributed by atoms with van der Waals surface area (Å²) in [4.78, 5) is 25.2. The Bertz CT molecular complexity index is 1490. The van der Waals surface area contributed by atoms with Gasteiger partial charge in [-0.05, 0) is 25.1 Å². The molecule has 0 aliphatic carbocycles. The molecular weight excluding hydrogens is 463 g/mol. The fraction of sp³-hybridized carbons (Fsp3) is 0.143. The molecule has 0 spiro atoms. The normalized spacial score (nSPS) is 11.1. The zero-order valence-electron chi connectivity index (χ0n) is 17.9. The van der Waals surface area contributed by atoms with E-state index in [0.29, 0.717) is 23.2 Å². The van der Waals surface area contributed by atoms with Gasteiger partial charge in [0.15, 0.2) is 11.6 Å². The van der Waals surface area contributed by atoms with Crippen molar-refractivity contribution in [1.82, 2.24) is 49.5 Å². The number of rotatable bonds is 6. The number of benzene rings is 1. The molecule has 11 nitrogen and oxygen atoms in total. The minimum atomic E-state index is -0.569. The van der Waals surface area contributed by atoms with Gasteiger partial charge in [0.2, 0.25) is 0 Å². The molecule has 2 amide bonds. The molecule has 0 unspecified atom stereocenters. The van der Waals surface area contributed by atoms with Crippen molar-refractivity contribution in [2.45, 2.75) is 20.0 Å². The van der Waals surface area contributed by atoms with E-state index in [2.05, 4.69) is 35.8 Å². The number of aryl methyl sites for hydroxylation is 1. The van der Waals surface area contributed by atoms with Crippen molar-refractivity contribution in [2.24, 2.45) is 0 Å². The highest BCUT2D eigenvalue weighted by Crippen LogP contribution is 2.19. The van der Waals surface area contributed by atoms with E-state index >= 15 is 0 Å². The predicted octanol–water partition coefficient (Wildman–Crippen LogP) is 2.60. The van der Waals surface area contributed by atoms with Crippen LogP contribution >= 0.6 is 11.6 Å². The van der Waals surface area contributed by atoms with Crippen LogP contribution in [0.4, 0.5) is 9.18 Å². The number of halogens is 2. The maximum atomic E-state index is 13.9. The Morgan fingerprint density at radius 2 is 1.82 bits per heavy atom. The number of hydrogen-bond donors (Lipinski definition) is 2. The number of carbonyl (C=O) groups is 1. The number of nitrogens with one attached hydrogen (secondary N) is 2. The standard InChI is InChI=1S/C21H18ClFN10O/c1-13-29-20(33(30-13)14-2-3-16(22)17(23)8-14)11-26-21(34)25-10-19-27-12-28-32(19)15-4-6-31-7-5-24-18(31)9-15/h2-9,12H,10-11H2,1H3,(H2,25,26,34). The first-order chi connectivity index (χ1) is 16.5. The van der Waals surface area contributed by atoms with Crippen LogP contribution in [0.25, 0.3) is 17.0 Å². The van der Waals surface area contributed by atoms with Crippen LogP contribution in [0.5, 0.6) is 0 Å². The molecule has 0 bridgehead atoms. The maximum Gasteiger partial charge on any atom is 0.315 e. The summed E-state index contributed by atoms with van der Waals surface area (Å²) in [6.07, 6.45) is 6.84. The molecule has 4 heterocycles. The van der Waals surface area contributed by atoms with Gasteiger partial charge in [-0.3, -0.25) is 0 Å². The molecule has 0 saturated carbocycles. The minimum absolute atomic E-state index is 0.0113. The van der Waals surface area contributed by atoms with Crippen LogP contribution in [0.2, 0.25) is 5.02 Å². The Morgan fingerprint density at radius 3 is 2.65 bits per heavy atom. The van der Waals surface area contributed by atoms with Crippen molar-refractivity contribution in [3.63, 3.8) is 0 Å². The van der Waals surface area contributed by atoms with Gasteiger partial charge in [-0.1, -0.05) is 11.6 Å². The van der Waals surface area contributed by atoms with E-state index in [1.54, 1.807) is 23.9 Å². The maximum absolute atomic E-state index is 13.9. The fourth-order valence-corrected chi connectivity index (χ4v) is 3.53. The Balaban J connectivity index is 1.24. The molecule has 172 valence electrons. The van der Waals surface area contributed by atoms with Crippen LogP contribution in [0.15, 0.2) is 55.2 Å². The lowest BCUT2D eigenvalue weighted by atomic mass is 10.3. The van der Waals surface area contributed by atoms with Crippen molar-refractivity contribution in [3.8, 4) is 11.4 Å². The van der Waals surface area contributed by atoms with Gasteiger partial charge in [-0.2, -0.15) is 10.2 Å². The van der Waals surface area contributed by atoms with Gasteiger partial charge < -0.3 is 15.0 Å². The number of imidazole rings is 1. The van der Waals surface area contributed by atoms with Crippen LogP contribution in [0, 0.1) is 12.7 Å². The summed E-state index contributed by atoms with van der Waals surface area (Å²) >= 11 is 5.76. The van der Waals surface area contributed by atoms with E-state index < -0.39 is 11.8 Å². The second-order valence-electron chi connectivity index (χ2n) is 7.29. The van der Waals surface area contributed by atoms with Crippen molar-refractivity contribution in [2.75, 3.05) is 0 Å². The first kappa shape index (κ1) is 21.5. The molecule has 0 atom stereocenters. The predicted molar refractivity (Wildman–Crippen MR) is 120 cm³/mol. The van der Waals surface area contributed by atoms with Crippen molar-refractivity contribution in [1.29, 1.82) is 0 Å². The summed E-state index contributed by atoms with van der Waals surface area (Å²) in [5.41, 5.74) is 1.99. The molecule has 0 saturated heterocycles. The molecule has 5 rings (SSSR count). The number of pyridine rings is 1. The van der Waals surface area contributed by atoms with Crippen molar-refractivity contribution >= 4 is 23.3 Å². The van der Waals surface area contributed by atoms with E-state index in [1.807, 2.05) is 28.9 Å². The lowest BCUT2D eigenvalue weighted by Gasteiger charge is -2.10. The molecule has 34 heavy (non-hydrogen) atoms. The zero-order valence-corrected chi connectivity index (χ0v) is 18.6. The van der Waals surface area contributed by atoms with E-state index in [4.69, 9.17) is 11.6 Å². The van der Waals surface area contributed by atoms with E-state index in [-0.39, 0.29) is 18.1 Å².